The summed E-state index contributed by atoms with van der Waals surface area (Å²) < 4.78 is 6.71. The van der Waals surface area contributed by atoms with Crippen molar-refractivity contribution >= 4 is 17.5 Å². The Morgan fingerprint density at radius 3 is 2.61 bits per heavy atom. The lowest BCUT2D eigenvalue weighted by atomic mass is 10.1. The number of hydrogen-bond donors (Lipinski definition) is 1. The number of rotatable bonds is 7. The van der Waals surface area contributed by atoms with Gasteiger partial charge in [-0.25, -0.2) is 0 Å². The summed E-state index contributed by atoms with van der Waals surface area (Å²) in [6, 6.07) is 7.68. The molecule has 2 aromatic rings. The van der Waals surface area contributed by atoms with Gasteiger partial charge in [0.05, 0.1) is 18.3 Å². The van der Waals surface area contributed by atoms with Gasteiger partial charge in [0, 0.05) is 12.2 Å². The fraction of sp³-hybridized carbons (Fsp3) is 0.412. The molecule has 1 aromatic carbocycles. The van der Waals surface area contributed by atoms with E-state index in [1.165, 1.54) is 11.8 Å². The van der Waals surface area contributed by atoms with Gasteiger partial charge in [-0.1, -0.05) is 23.7 Å². The Kier molecular flexibility index (Phi) is 6.04. The normalized spacial score (nSPS) is 13.4. The van der Waals surface area contributed by atoms with E-state index in [1.807, 2.05) is 31.2 Å². The smallest absolute Gasteiger partial charge is 0.244 e. The van der Waals surface area contributed by atoms with Gasteiger partial charge in [0.1, 0.15) is 11.8 Å². The van der Waals surface area contributed by atoms with Crippen molar-refractivity contribution in [3.8, 4) is 5.75 Å². The van der Waals surface area contributed by atoms with Gasteiger partial charge in [0.15, 0.2) is 0 Å². The molecule has 0 aliphatic rings. The summed E-state index contributed by atoms with van der Waals surface area (Å²) in [5.41, 5.74) is 1.22. The van der Waals surface area contributed by atoms with Crippen LogP contribution in [-0.4, -0.2) is 28.8 Å². The van der Waals surface area contributed by atoms with Gasteiger partial charge >= 0.3 is 0 Å². The van der Waals surface area contributed by atoms with E-state index < -0.39 is 0 Å². The fourth-order valence-corrected chi connectivity index (χ4v) is 2.40. The second-order valence-corrected chi connectivity index (χ2v) is 6.05. The predicted molar refractivity (Wildman–Crippen MR) is 90.9 cm³/mol. The second-order valence-electron chi connectivity index (χ2n) is 5.61. The first-order valence-corrected chi connectivity index (χ1v) is 8.00. The van der Waals surface area contributed by atoms with E-state index in [-0.39, 0.29) is 18.0 Å². The number of nitrogens with zero attached hydrogens (tertiary/aromatic N) is 2. The van der Waals surface area contributed by atoms with Crippen molar-refractivity contribution in [2.24, 2.45) is 0 Å². The van der Waals surface area contributed by atoms with Crippen molar-refractivity contribution in [1.29, 1.82) is 0 Å². The zero-order valence-electron chi connectivity index (χ0n) is 13.6. The number of hydrogen-bond acceptors (Lipinski definition) is 3. The number of aromatic nitrogens is 2. The summed E-state index contributed by atoms with van der Waals surface area (Å²) in [4.78, 5) is 12.2. The molecule has 0 saturated heterocycles. The lowest BCUT2D eigenvalue weighted by molar-refractivity contribution is -0.124. The largest absolute Gasteiger partial charge is 0.497 e. The molecule has 0 fully saturated rings. The summed E-state index contributed by atoms with van der Waals surface area (Å²) in [6.07, 6.45) is 4.93. The first kappa shape index (κ1) is 17.3. The topological polar surface area (TPSA) is 56.1 Å². The van der Waals surface area contributed by atoms with Crippen LogP contribution in [0.3, 0.4) is 0 Å². The highest BCUT2D eigenvalue weighted by molar-refractivity contribution is 6.30. The third-order valence-electron chi connectivity index (χ3n) is 3.76. The molecule has 0 unspecified atom stereocenters. The van der Waals surface area contributed by atoms with Crippen LogP contribution >= 0.6 is 11.6 Å². The molecule has 0 aliphatic carbocycles. The molecule has 0 spiro atoms. The molecule has 1 N–H and O–H groups in total. The average molecular weight is 336 g/mol. The second kappa shape index (κ2) is 8.02. The number of aryl methyl sites for hydroxylation is 1. The van der Waals surface area contributed by atoms with Crippen molar-refractivity contribution in [2.75, 3.05) is 7.11 Å². The highest BCUT2D eigenvalue weighted by Gasteiger charge is 2.17. The van der Waals surface area contributed by atoms with Crippen LogP contribution in [-0.2, 0) is 11.2 Å². The number of ether oxygens (including phenoxy) is 1. The first-order chi connectivity index (χ1) is 11.0. The van der Waals surface area contributed by atoms with E-state index in [2.05, 4.69) is 10.4 Å². The Bertz CT molecular complexity index is 640. The molecule has 2 atom stereocenters. The van der Waals surface area contributed by atoms with Crippen LogP contribution in [0, 0.1) is 0 Å². The van der Waals surface area contributed by atoms with E-state index in [0.29, 0.717) is 5.02 Å². The van der Waals surface area contributed by atoms with Crippen LogP contribution in [0.15, 0.2) is 36.7 Å². The molecule has 1 amide bonds. The Labute approximate surface area is 141 Å². The van der Waals surface area contributed by atoms with Gasteiger partial charge in [-0.3, -0.25) is 9.48 Å². The maximum atomic E-state index is 12.2. The molecule has 6 heteroatoms. The van der Waals surface area contributed by atoms with E-state index in [4.69, 9.17) is 16.3 Å². The monoisotopic (exact) mass is 335 g/mol. The SMILES string of the molecule is COc1ccc(CC[C@@H](C)NC(=O)[C@H](C)n2cc(Cl)cn2)cc1. The Morgan fingerprint density at radius 1 is 1.35 bits per heavy atom. The average Bonchev–Trinajstić information content (AvgIpc) is 2.99. The van der Waals surface area contributed by atoms with E-state index >= 15 is 0 Å². The molecular weight excluding hydrogens is 314 g/mol. The van der Waals surface area contributed by atoms with Crippen molar-refractivity contribution in [3.05, 3.63) is 47.2 Å². The minimum atomic E-state index is -0.383. The molecule has 2 rings (SSSR count). The Morgan fingerprint density at radius 2 is 2.04 bits per heavy atom. The summed E-state index contributed by atoms with van der Waals surface area (Å²) in [5, 5.41) is 7.60. The lowest BCUT2D eigenvalue weighted by Crippen LogP contribution is -2.37. The third-order valence-corrected chi connectivity index (χ3v) is 3.96. The quantitative estimate of drug-likeness (QED) is 0.845. The molecule has 23 heavy (non-hydrogen) atoms. The minimum Gasteiger partial charge on any atom is -0.497 e. The highest BCUT2D eigenvalue weighted by atomic mass is 35.5. The third kappa shape index (κ3) is 4.99. The maximum absolute atomic E-state index is 12.2. The van der Waals surface area contributed by atoms with Gasteiger partial charge in [0.2, 0.25) is 5.91 Å². The number of carbonyl (C=O) groups is 1. The van der Waals surface area contributed by atoms with Crippen LogP contribution in [0.25, 0.3) is 0 Å². The highest BCUT2D eigenvalue weighted by Crippen LogP contribution is 2.14. The van der Waals surface area contributed by atoms with Crippen LogP contribution in [0.1, 0.15) is 31.9 Å². The predicted octanol–water partition coefficient (Wildman–Crippen LogP) is 3.24. The number of benzene rings is 1. The van der Waals surface area contributed by atoms with Gasteiger partial charge in [0.25, 0.3) is 0 Å². The van der Waals surface area contributed by atoms with Crippen LogP contribution in [0.2, 0.25) is 5.02 Å². The molecule has 1 aromatic heterocycles. The molecule has 0 bridgehead atoms. The van der Waals surface area contributed by atoms with E-state index in [0.717, 1.165) is 18.6 Å². The van der Waals surface area contributed by atoms with Gasteiger partial charge in [-0.05, 0) is 44.4 Å². The lowest BCUT2D eigenvalue weighted by Gasteiger charge is -2.18. The fourth-order valence-electron chi connectivity index (χ4n) is 2.26. The summed E-state index contributed by atoms with van der Waals surface area (Å²) >= 11 is 5.83. The zero-order valence-corrected chi connectivity index (χ0v) is 14.4. The molecule has 1 heterocycles. The zero-order chi connectivity index (χ0) is 16.8. The summed E-state index contributed by atoms with van der Waals surface area (Å²) in [5.74, 6) is 0.786. The number of amides is 1. The molecule has 124 valence electrons. The van der Waals surface area contributed by atoms with Crippen molar-refractivity contribution in [1.82, 2.24) is 15.1 Å². The van der Waals surface area contributed by atoms with Gasteiger partial charge in [-0.15, -0.1) is 0 Å². The van der Waals surface area contributed by atoms with E-state index in [9.17, 15) is 4.79 Å². The van der Waals surface area contributed by atoms with Crippen LogP contribution in [0.5, 0.6) is 5.75 Å². The maximum Gasteiger partial charge on any atom is 0.244 e. The van der Waals surface area contributed by atoms with Crippen molar-refractivity contribution in [3.63, 3.8) is 0 Å². The summed E-state index contributed by atoms with van der Waals surface area (Å²) in [6.45, 7) is 3.80. The first-order valence-electron chi connectivity index (χ1n) is 7.62. The molecule has 5 nitrogen and oxygen atoms in total. The van der Waals surface area contributed by atoms with E-state index in [1.54, 1.807) is 24.9 Å². The number of carbonyl (C=O) groups excluding carboxylic acids is 1. The van der Waals surface area contributed by atoms with Crippen molar-refractivity contribution in [2.45, 2.75) is 38.8 Å². The van der Waals surface area contributed by atoms with Gasteiger partial charge in [-0.2, -0.15) is 5.10 Å². The van der Waals surface area contributed by atoms with Crippen LogP contribution in [0.4, 0.5) is 0 Å². The van der Waals surface area contributed by atoms with Gasteiger partial charge < -0.3 is 10.1 Å². The molecular formula is C17H22ClN3O2. The molecule has 0 radical (unpaired) electrons. The summed E-state index contributed by atoms with van der Waals surface area (Å²) in [7, 11) is 1.65. The number of nitrogens with one attached hydrogen (secondary N) is 1. The minimum absolute atomic E-state index is 0.0630. The number of methoxy groups -OCH3 is 1. The standard InChI is InChI=1S/C17H22ClN3O2/c1-12(4-5-14-6-8-16(23-3)9-7-14)20-17(22)13(2)21-11-15(18)10-19-21/h6-13H,4-5H2,1-3H3,(H,20,22)/t12-,13+/m1/s1. The molecule has 0 saturated carbocycles. The Hall–Kier alpha value is -2.01. The van der Waals surface area contributed by atoms with Crippen molar-refractivity contribution < 1.29 is 9.53 Å². The number of halogens is 1. The molecule has 0 aliphatic heterocycles. The van der Waals surface area contributed by atoms with Crippen LogP contribution < -0.4 is 10.1 Å². The Balaban J connectivity index is 1.81.